The van der Waals surface area contributed by atoms with Gasteiger partial charge in [0.1, 0.15) is 6.10 Å². The molecule has 0 spiro atoms. The van der Waals surface area contributed by atoms with Crippen LogP contribution in [0.1, 0.15) is 85.5 Å². The van der Waals surface area contributed by atoms with E-state index in [1.54, 1.807) is 0 Å². The van der Waals surface area contributed by atoms with Crippen LogP contribution in [0.3, 0.4) is 0 Å². The van der Waals surface area contributed by atoms with E-state index in [-0.39, 0.29) is 12.0 Å². The van der Waals surface area contributed by atoms with Gasteiger partial charge >= 0.3 is 0 Å². The van der Waals surface area contributed by atoms with E-state index in [1.165, 1.54) is 43.4 Å². The molecule has 5 rings (SSSR count). The van der Waals surface area contributed by atoms with Crippen molar-refractivity contribution >= 4 is 0 Å². The molecule has 0 aromatic rings. The molecule has 1 aliphatic heterocycles. The molecular weight excluding hydrogens is 388 g/mol. The molecule has 1 heterocycles. The SMILES string of the molecule is CC1=C(CCC(C)CO)O[C@H]2C[C@H]3[C@@H]4CCC5CC(O)C(O)C[C@]5(C)[C@H]4CC[C@]3(C)[C@@H]12. The van der Waals surface area contributed by atoms with Gasteiger partial charge in [-0.25, -0.2) is 0 Å². The Kier molecular flexibility index (Phi) is 5.55. The summed E-state index contributed by atoms with van der Waals surface area (Å²) in [6.07, 6.45) is 9.02. The molecule has 4 heteroatoms. The van der Waals surface area contributed by atoms with Gasteiger partial charge in [-0.15, -0.1) is 0 Å². The van der Waals surface area contributed by atoms with Gasteiger partial charge in [-0.1, -0.05) is 20.8 Å². The molecule has 11 atom stereocenters. The minimum Gasteiger partial charge on any atom is -0.494 e. The third-order valence-electron chi connectivity index (χ3n) is 11.1. The van der Waals surface area contributed by atoms with Gasteiger partial charge in [-0.05, 0) is 104 Å². The van der Waals surface area contributed by atoms with Gasteiger partial charge in [0, 0.05) is 18.9 Å². The van der Waals surface area contributed by atoms with Crippen molar-refractivity contribution in [2.75, 3.05) is 6.61 Å². The first-order valence-electron chi connectivity index (χ1n) is 13.0. The maximum Gasteiger partial charge on any atom is 0.106 e. The lowest BCUT2D eigenvalue weighted by Crippen LogP contribution is -2.56. The van der Waals surface area contributed by atoms with Crippen molar-refractivity contribution in [2.24, 2.45) is 46.3 Å². The molecule has 0 aromatic heterocycles. The molecule has 31 heavy (non-hydrogen) atoms. The Bertz CT molecular complexity index is 733. The second kappa shape index (κ2) is 7.74. The fourth-order valence-corrected chi connectivity index (χ4v) is 9.33. The van der Waals surface area contributed by atoms with E-state index in [1.807, 2.05) is 0 Å². The Labute approximate surface area is 188 Å². The Morgan fingerprint density at radius 1 is 1.03 bits per heavy atom. The van der Waals surface area contributed by atoms with Gasteiger partial charge in [0.05, 0.1) is 18.0 Å². The standard InChI is InChI=1S/C27H44O4/c1-15(14-28)5-8-23-16(2)25-24(31-23)12-20-18-7-6-17-11-21(29)22(30)13-27(17,4)19(18)9-10-26(20,25)3/h15,17-22,24-25,28-30H,5-14H2,1-4H3/t15?,17?,18-,19+,20+,21?,22?,24+,25+,26+,27+/m1/s1. The number of aliphatic hydroxyl groups is 3. The quantitative estimate of drug-likeness (QED) is 0.604. The van der Waals surface area contributed by atoms with Crippen LogP contribution < -0.4 is 0 Å². The molecule has 5 aliphatic rings. The minimum atomic E-state index is -0.548. The number of fused-ring (bicyclic) bond motifs is 7. The molecule has 4 nitrogen and oxygen atoms in total. The first kappa shape index (κ1) is 22.2. The summed E-state index contributed by atoms with van der Waals surface area (Å²) >= 11 is 0. The van der Waals surface area contributed by atoms with Gasteiger partial charge in [0.25, 0.3) is 0 Å². The first-order valence-corrected chi connectivity index (χ1v) is 13.0. The van der Waals surface area contributed by atoms with Gasteiger partial charge in [0.15, 0.2) is 0 Å². The molecule has 4 fully saturated rings. The van der Waals surface area contributed by atoms with Crippen LogP contribution >= 0.6 is 0 Å². The highest BCUT2D eigenvalue weighted by atomic mass is 16.5. The molecule has 4 saturated carbocycles. The molecular formula is C27H44O4. The largest absolute Gasteiger partial charge is 0.494 e. The number of aliphatic hydroxyl groups excluding tert-OH is 3. The highest BCUT2D eigenvalue weighted by molar-refractivity contribution is 5.26. The highest BCUT2D eigenvalue weighted by Gasteiger charge is 2.64. The first-order chi connectivity index (χ1) is 14.7. The predicted molar refractivity (Wildman–Crippen MR) is 121 cm³/mol. The Morgan fingerprint density at radius 2 is 1.81 bits per heavy atom. The highest BCUT2D eigenvalue weighted by Crippen LogP contribution is 2.69. The van der Waals surface area contributed by atoms with Crippen LogP contribution in [-0.2, 0) is 4.74 Å². The van der Waals surface area contributed by atoms with Crippen molar-refractivity contribution in [1.82, 2.24) is 0 Å². The van der Waals surface area contributed by atoms with E-state index in [2.05, 4.69) is 27.7 Å². The third-order valence-corrected chi connectivity index (χ3v) is 11.1. The lowest BCUT2D eigenvalue weighted by Gasteiger charge is -2.61. The van der Waals surface area contributed by atoms with E-state index in [9.17, 15) is 15.3 Å². The maximum absolute atomic E-state index is 10.5. The zero-order chi connectivity index (χ0) is 22.1. The summed E-state index contributed by atoms with van der Waals surface area (Å²) < 4.78 is 6.62. The monoisotopic (exact) mass is 432 g/mol. The molecule has 0 amide bonds. The summed E-state index contributed by atoms with van der Waals surface area (Å²) in [4.78, 5) is 0. The van der Waals surface area contributed by atoms with Crippen LogP contribution in [0.2, 0.25) is 0 Å². The van der Waals surface area contributed by atoms with Crippen molar-refractivity contribution in [1.29, 1.82) is 0 Å². The second-order valence-corrected chi connectivity index (χ2v) is 12.6. The summed E-state index contributed by atoms with van der Waals surface area (Å²) in [7, 11) is 0. The summed E-state index contributed by atoms with van der Waals surface area (Å²) in [6.45, 7) is 9.68. The van der Waals surface area contributed by atoms with Crippen molar-refractivity contribution in [3.05, 3.63) is 11.3 Å². The van der Waals surface area contributed by atoms with Crippen LogP contribution in [0.5, 0.6) is 0 Å². The topological polar surface area (TPSA) is 69.9 Å². The summed E-state index contributed by atoms with van der Waals surface area (Å²) in [5, 5.41) is 30.2. The van der Waals surface area contributed by atoms with Gasteiger partial charge in [0.2, 0.25) is 0 Å². The average Bonchev–Trinajstić information content (AvgIpc) is 3.21. The number of ether oxygens (including phenoxy) is 1. The lowest BCUT2D eigenvalue weighted by atomic mass is 9.44. The lowest BCUT2D eigenvalue weighted by molar-refractivity contribution is -0.158. The van der Waals surface area contributed by atoms with Crippen molar-refractivity contribution < 1.29 is 20.1 Å². The molecule has 4 unspecified atom stereocenters. The van der Waals surface area contributed by atoms with E-state index in [0.717, 1.165) is 37.5 Å². The van der Waals surface area contributed by atoms with E-state index in [0.29, 0.717) is 35.2 Å². The van der Waals surface area contributed by atoms with Crippen LogP contribution in [0.25, 0.3) is 0 Å². The van der Waals surface area contributed by atoms with Crippen LogP contribution in [0, 0.1) is 46.3 Å². The Balaban J connectivity index is 1.37. The molecule has 0 radical (unpaired) electrons. The molecule has 0 aromatic carbocycles. The molecule has 0 bridgehead atoms. The van der Waals surface area contributed by atoms with Gasteiger partial charge in [-0.2, -0.15) is 0 Å². The average molecular weight is 433 g/mol. The van der Waals surface area contributed by atoms with Crippen LogP contribution in [-0.4, -0.2) is 40.2 Å². The normalized spacial score (nSPS) is 52.1. The zero-order valence-corrected chi connectivity index (χ0v) is 20.0. The smallest absolute Gasteiger partial charge is 0.106 e. The number of hydrogen-bond acceptors (Lipinski definition) is 4. The number of rotatable bonds is 4. The molecule has 176 valence electrons. The van der Waals surface area contributed by atoms with E-state index in [4.69, 9.17) is 4.74 Å². The predicted octanol–water partition coefficient (Wildman–Crippen LogP) is 4.67. The molecule has 4 aliphatic carbocycles. The van der Waals surface area contributed by atoms with E-state index >= 15 is 0 Å². The van der Waals surface area contributed by atoms with Crippen LogP contribution in [0.4, 0.5) is 0 Å². The molecule has 0 saturated heterocycles. The number of allylic oxidation sites excluding steroid dienone is 1. The minimum absolute atomic E-state index is 0.178. The van der Waals surface area contributed by atoms with Crippen molar-refractivity contribution in [2.45, 2.75) is 104 Å². The van der Waals surface area contributed by atoms with Crippen molar-refractivity contribution in [3.8, 4) is 0 Å². The zero-order valence-electron chi connectivity index (χ0n) is 20.0. The maximum atomic E-state index is 10.5. The third kappa shape index (κ3) is 3.26. The van der Waals surface area contributed by atoms with Crippen LogP contribution in [0.15, 0.2) is 11.3 Å². The summed E-state index contributed by atoms with van der Waals surface area (Å²) in [5.41, 5.74) is 2.00. The summed E-state index contributed by atoms with van der Waals surface area (Å²) in [6, 6.07) is 0. The summed E-state index contributed by atoms with van der Waals surface area (Å²) in [5.74, 6) is 4.82. The van der Waals surface area contributed by atoms with Gasteiger partial charge < -0.3 is 20.1 Å². The Hall–Kier alpha value is -0.580. The molecule has 3 N–H and O–H groups in total. The van der Waals surface area contributed by atoms with E-state index < -0.39 is 12.2 Å². The number of hydrogen-bond donors (Lipinski definition) is 3. The second-order valence-electron chi connectivity index (χ2n) is 12.6. The fraction of sp³-hybridized carbons (Fsp3) is 0.926. The fourth-order valence-electron chi connectivity index (χ4n) is 9.33. The Morgan fingerprint density at radius 3 is 2.55 bits per heavy atom. The van der Waals surface area contributed by atoms with Crippen molar-refractivity contribution in [3.63, 3.8) is 0 Å². The van der Waals surface area contributed by atoms with Gasteiger partial charge in [-0.3, -0.25) is 0 Å².